The molecule has 2 N–H and O–H groups in total. The van der Waals surface area contributed by atoms with Gasteiger partial charge in [0, 0.05) is 11.3 Å². The van der Waals surface area contributed by atoms with Crippen LogP contribution in [0.2, 0.25) is 0 Å². The van der Waals surface area contributed by atoms with E-state index in [1.54, 1.807) is 37.3 Å². The molecule has 0 saturated carbocycles. The first-order valence-corrected chi connectivity index (χ1v) is 10.7. The molecule has 3 rings (SSSR count). The first-order valence-electron chi connectivity index (χ1n) is 9.23. The van der Waals surface area contributed by atoms with Crippen molar-refractivity contribution in [2.75, 3.05) is 4.72 Å². The van der Waals surface area contributed by atoms with Crippen molar-refractivity contribution in [1.82, 2.24) is 5.32 Å². The van der Waals surface area contributed by atoms with Crippen molar-refractivity contribution in [1.29, 1.82) is 0 Å². The summed E-state index contributed by atoms with van der Waals surface area (Å²) in [7, 11) is -3.83. The summed E-state index contributed by atoms with van der Waals surface area (Å²) >= 11 is 0. The van der Waals surface area contributed by atoms with E-state index in [1.165, 1.54) is 12.1 Å². The summed E-state index contributed by atoms with van der Waals surface area (Å²) in [5.41, 5.74) is 2.39. The molecule has 29 heavy (non-hydrogen) atoms. The first-order chi connectivity index (χ1) is 13.7. The zero-order chi connectivity index (χ0) is 21.2. The van der Waals surface area contributed by atoms with E-state index in [4.69, 9.17) is 4.42 Å². The summed E-state index contributed by atoms with van der Waals surface area (Å²) in [6.45, 7) is 7.29. The Hall–Kier alpha value is -3.06. The van der Waals surface area contributed by atoms with Crippen LogP contribution < -0.4 is 10.0 Å². The van der Waals surface area contributed by atoms with Crippen molar-refractivity contribution in [3.05, 3.63) is 82.8 Å². The quantitative estimate of drug-likeness (QED) is 0.624. The van der Waals surface area contributed by atoms with E-state index >= 15 is 0 Å². The highest BCUT2D eigenvalue weighted by Gasteiger charge is 2.20. The van der Waals surface area contributed by atoms with Crippen molar-refractivity contribution in [3.63, 3.8) is 0 Å². The fourth-order valence-corrected chi connectivity index (χ4v) is 4.04. The van der Waals surface area contributed by atoms with Crippen LogP contribution in [-0.4, -0.2) is 14.3 Å². The van der Waals surface area contributed by atoms with Gasteiger partial charge in [-0.15, -0.1) is 0 Å². The summed E-state index contributed by atoms with van der Waals surface area (Å²) in [6.07, 6.45) is 0. The largest absolute Gasteiger partial charge is 0.464 e. The Morgan fingerprint density at radius 1 is 1.00 bits per heavy atom. The van der Waals surface area contributed by atoms with Gasteiger partial charge >= 0.3 is 0 Å². The molecule has 152 valence electrons. The van der Waals surface area contributed by atoms with Crippen molar-refractivity contribution in [2.24, 2.45) is 0 Å². The maximum atomic E-state index is 12.8. The van der Waals surface area contributed by atoms with Gasteiger partial charge in [0.05, 0.1) is 10.9 Å². The monoisotopic (exact) mass is 412 g/mol. The Balaban J connectivity index is 1.84. The molecule has 7 heteroatoms. The number of carbonyl (C=O) groups excluding carboxylic acids is 1. The first kappa shape index (κ1) is 20.7. The highest BCUT2D eigenvalue weighted by molar-refractivity contribution is 7.92. The molecule has 6 nitrogen and oxygen atoms in total. The van der Waals surface area contributed by atoms with Crippen molar-refractivity contribution in [3.8, 4) is 0 Å². The van der Waals surface area contributed by atoms with Crippen LogP contribution in [0.5, 0.6) is 0 Å². The Bertz CT molecular complexity index is 1150. The van der Waals surface area contributed by atoms with Gasteiger partial charge in [0.2, 0.25) is 0 Å². The second-order valence-electron chi connectivity index (χ2n) is 7.10. The van der Waals surface area contributed by atoms with Gasteiger partial charge in [0.25, 0.3) is 15.9 Å². The summed E-state index contributed by atoms with van der Waals surface area (Å²) in [6, 6.07) is 14.9. The van der Waals surface area contributed by atoms with Crippen LogP contribution in [0.25, 0.3) is 0 Å². The van der Waals surface area contributed by atoms with E-state index in [1.807, 2.05) is 32.9 Å². The third kappa shape index (κ3) is 4.86. The topological polar surface area (TPSA) is 88.4 Å². The molecule has 0 aliphatic carbocycles. The van der Waals surface area contributed by atoms with Crippen LogP contribution in [0.3, 0.4) is 0 Å². The summed E-state index contributed by atoms with van der Waals surface area (Å²) < 4.78 is 33.7. The lowest BCUT2D eigenvalue weighted by atomic mass is 10.1. The molecule has 0 aliphatic rings. The second kappa shape index (κ2) is 8.13. The lowest BCUT2D eigenvalue weighted by Crippen LogP contribution is -2.27. The van der Waals surface area contributed by atoms with Gasteiger partial charge in [-0.25, -0.2) is 8.42 Å². The SMILES string of the molecule is Cc1cccc(NS(=O)(=O)c2ccc(C)c(C(=O)NC(C)c3ccc(C)o3)c2)c1. The molecular formula is C22H24N2O4S. The fourth-order valence-electron chi connectivity index (χ4n) is 2.97. The molecule has 1 unspecified atom stereocenters. The van der Waals surface area contributed by atoms with Gasteiger partial charge < -0.3 is 9.73 Å². The Labute approximate surface area is 171 Å². The number of hydrogen-bond acceptors (Lipinski definition) is 4. The normalized spacial score (nSPS) is 12.4. The molecule has 0 bridgehead atoms. The minimum absolute atomic E-state index is 0.0243. The molecule has 0 radical (unpaired) electrons. The number of aryl methyl sites for hydroxylation is 3. The number of sulfonamides is 1. The summed E-state index contributed by atoms with van der Waals surface area (Å²) in [4.78, 5) is 12.8. The number of furan rings is 1. The van der Waals surface area contributed by atoms with Gasteiger partial charge in [-0.05, 0) is 75.2 Å². The molecule has 0 saturated heterocycles. The number of nitrogens with one attached hydrogen (secondary N) is 2. The van der Waals surface area contributed by atoms with E-state index in [9.17, 15) is 13.2 Å². The maximum Gasteiger partial charge on any atom is 0.261 e. The number of benzene rings is 2. The second-order valence-corrected chi connectivity index (χ2v) is 8.78. The average molecular weight is 413 g/mol. The zero-order valence-electron chi connectivity index (χ0n) is 16.8. The van der Waals surface area contributed by atoms with Crippen LogP contribution >= 0.6 is 0 Å². The van der Waals surface area contributed by atoms with E-state index in [2.05, 4.69) is 10.0 Å². The predicted octanol–water partition coefficient (Wildman–Crippen LogP) is 4.50. The highest BCUT2D eigenvalue weighted by atomic mass is 32.2. The molecule has 0 spiro atoms. The molecule has 1 atom stereocenters. The number of hydrogen-bond donors (Lipinski definition) is 2. The molecule has 3 aromatic rings. The summed E-state index contributed by atoms with van der Waals surface area (Å²) in [5.74, 6) is 1.03. The minimum Gasteiger partial charge on any atom is -0.464 e. The number of carbonyl (C=O) groups is 1. The zero-order valence-corrected chi connectivity index (χ0v) is 17.6. The van der Waals surface area contributed by atoms with Crippen molar-refractivity contribution < 1.29 is 17.6 Å². The Kier molecular flexibility index (Phi) is 5.79. The Morgan fingerprint density at radius 3 is 2.41 bits per heavy atom. The predicted molar refractivity (Wildman–Crippen MR) is 112 cm³/mol. The fraction of sp³-hybridized carbons (Fsp3) is 0.227. The van der Waals surface area contributed by atoms with Crippen LogP contribution in [-0.2, 0) is 10.0 Å². The minimum atomic E-state index is -3.83. The third-order valence-corrected chi connectivity index (χ3v) is 5.95. The van der Waals surface area contributed by atoms with E-state index < -0.39 is 10.0 Å². The van der Waals surface area contributed by atoms with Gasteiger partial charge in [-0.2, -0.15) is 0 Å². The van der Waals surface area contributed by atoms with Crippen molar-refractivity contribution >= 4 is 21.6 Å². The van der Waals surface area contributed by atoms with E-state index in [0.29, 0.717) is 22.6 Å². The lowest BCUT2D eigenvalue weighted by molar-refractivity contribution is 0.0934. The van der Waals surface area contributed by atoms with Gasteiger partial charge in [0.15, 0.2) is 0 Å². The lowest BCUT2D eigenvalue weighted by Gasteiger charge is -2.14. The van der Waals surface area contributed by atoms with Crippen LogP contribution in [0.4, 0.5) is 5.69 Å². The number of rotatable bonds is 6. The van der Waals surface area contributed by atoms with Crippen LogP contribution in [0.1, 0.15) is 46.0 Å². The van der Waals surface area contributed by atoms with E-state index in [-0.39, 0.29) is 16.8 Å². The van der Waals surface area contributed by atoms with Crippen molar-refractivity contribution in [2.45, 2.75) is 38.6 Å². The molecule has 1 aromatic heterocycles. The highest BCUT2D eigenvalue weighted by Crippen LogP contribution is 2.21. The molecule has 1 amide bonds. The smallest absolute Gasteiger partial charge is 0.261 e. The maximum absolute atomic E-state index is 12.8. The number of amides is 1. The standard InChI is InChI=1S/C22H24N2O4S/c1-14-6-5-7-18(12-14)24-29(26,27)19-10-8-15(2)20(13-19)22(25)23-17(4)21-11-9-16(3)28-21/h5-13,17,24H,1-4H3,(H,23,25). The summed E-state index contributed by atoms with van der Waals surface area (Å²) in [5, 5.41) is 2.85. The Morgan fingerprint density at radius 2 is 1.76 bits per heavy atom. The van der Waals surface area contributed by atoms with Gasteiger partial charge in [0.1, 0.15) is 11.5 Å². The van der Waals surface area contributed by atoms with Gasteiger partial charge in [-0.1, -0.05) is 18.2 Å². The van der Waals surface area contributed by atoms with Crippen LogP contribution in [0, 0.1) is 20.8 Å². The average Bonchev–Trinajstić information content (AvgIpc) is 3.08. The molecular weight excluding hydrogens is 388 g/mol. The third-order valence-electron chi connectivity index (χ3n) is 4.57. The molecule has 0 aliphatic heterocycles. The molecule has 2 aromatic carbocycles. The van der Waals surface area contributed by atoms with E-state index in [0.717, 1.165) is 11.3 Å². The molecule has 1 heterocycles. The number of anilines is 1. The van der Waals surface area contributed by atoms with Gasteiger partial charge in [-0.3, -0.25) is 9.52 Å². The molecule has 0 fully saturated rings. The van der Waals surface area contributed by atoms with Crippen LogP contribution in [0.15, 0.2) is 63.9 Å².